The monoisotopic (exact) mass is 383 g/mol. The van der Waals surface area contributed by atoms with Crippen molar-refractivity contribution in [3.63, 3.8) is 0 Å². The van der Waals surface area contributed by atoms with Gasteiger partial charge in [-0.05, 0) is 37.3 Å². The van der Waals surface area contributed by atoms with Crippen molar-refractivity contribution in [1.29, 1.82) is 0 Å². The van der Waals surface area contributed by atoms with Crippen molar-refractivity contribution in [3.8, 4) is 11.3 Å². The van der Waals surface area contributed by atoms with E-state index in [1.165, 1.54) is 27.3 Å². The van der Waals surface area contributed by atoms with Gasteiger partial charge >= 0.3 is 0 Å². The van der Waals surface area contributed by atoms with Crippen LogP contribution in [0.1, 0.15) is 22.9 Å². The first kappa shape index (κ1) is 17.4. The number of hydrogen-bond donors (Lipinski definition) is 1. The number of nitrogens with zero attached hydrogens (tertiary/aromatic N) is 2. The van der Waals surface area contributed by atoms with Crippen molar-refractivity contribution in [2.24, 2.45) is 0 Å². The molecule has 3 heterocycles. The minimum atomic E-state index is -0.172. The molecule has 4 nitrogen and oxygen atoms in total. The van der Waals surface area contributed by atoms with Crippen LogP contribution in [0.15, 0.2) is 41.1 Å². The van der Waals surface area contributed by atoms with E-state index in [0.29, 0.717) is 5.13 Å². The van der Waals surface area contributed by atoms with Crippen LogP contribution < -0.4 is 5.32 Å². The van der Waals surface area contributed by atoms with Gasteiger partial charge < -0.3 is 5.32 Å². The molecule has 4 rings (SSSR count). The number of thiazole rings is 1. The smallest absolute Gasteiger partial charge is 0.243 e. The normalized spacial score (nSPS) is 15.5. The number of rotatable bonds is 4. The summed E-state index contributed by atoms with van der Waals surface area (Å²) in [6.45, 7) is 5.81. The second-order valence-corrected chi connectivity index (χ2v) is 8.52. The predicted octanol–water partition coefficient (Wildman–Crippen LogP) is 4.57. The van der Waals surface area contributed by atoms with E-state index in [0.717, 1.165) is 30.8 Å². The van der Waals surface area contributed by atoms with Gasteiger partial charge in [0.2, 0.25) is 5.91 Å². The lowest BCUT2D eigenvalue weighted by atomic mass is 10.1. The third kappa shape index (κ3) is 3.58. The largest absolute Gasteiger partial charge is 0.301 e. The van der Waals surface area contributed by atoms with Gasteiger partial charge in [0.25, 0.3) is 0 Å². The van der Waals surface area contributed by atoms with Crippen LogP contribution in [0.3, 0.4) is 0 Å². The number of carbonyl (C=O) groups is 1. The van der Waals surface area contributed by atoms with Crippen molar-refractivity contribution >= 4 is 33.7 Å². The Labute approximate surface area is 161 Å². The highest BCUT2D eigenvalue weighted by Gasteiger charge is 2.26. The minimum Gasteiger partial charge on any atom is -0.301 e. The van der Waals surface area contributed by atoms with Crippen molar-refractivity contribution in [3.05, 3.63) is 57.1 Å². The maximum absolute atomic E-state index is 12.7. The van der Waals surface area contributed by atoms with Crippen molar-refractivity contribution in [2.75, 3.05) is 11.9 Å². The Morgan fingerprint density at radius 3 is 2.85 bits per heavy atom. The average Bonchev–Trinajstić information content (AvgIpc) is 3.30. The maximum Gasteiger partial charge on any atom is 0.243 e. The molecule has 1 N–H and O–H groups in total. The van der Waals surface area contributed by atoms with Crippen LogP contribution in [0.5, 0.6) is 0 Å². The first-order valence-electron chi connectivity index (χ1n) is 8.73. The van der Waals surface area contributed by atoms with Gasteiger partial charge in [0, 0.05) is 28.9 Å². The van der Waals surface area contributed by atoms with Crippen molar-refractivity contribution in [2.45, 2.75) is 32.9 Å². The number of aryl methyl sites for hydroxylation is 1. The molecule has 134 valence electrons. The Balaban J connectivity index is 1.41. The molecular weight excluding hydrogens is 362 g/mol. The Morgan fingerprint density at radius 2 is 2.04 bits per heavy atom. The maximum atomic E-state index is 12.7. The number of nitrogens with one attached hydrogen (secondary N) is 1. The molecule has 1 amide bonds. The van der Waals surface area contributed by atoms with E-state index >= 15 is 0 Å². The molecule has 26 heavy (non-hydrogen) atoms. The molecule has 1 aliphatic rings. The lowest BCUT2D eigenvalue weighted by Crippen LogP contribution is -2.44. The summed E-state index contributed by atoms with van der Waals surface area (Å²) >= 11 is 3.29. The van der Waals surface area contributed by atoms with E-state index in [9.17, 15) is 4.79 Å². The first-order chi connectivity index (χ1) is 12.6. The lowest BCUT2D eigenvalue weighted by Gasteiger charge is -2.31. The molecule has 1 atom stereocenters. The molecule has 0 spiro atoms. The van der Waals surface area contributed by atoms with Gasteiger partial charge in [-0.25, -0.2) is 4.98 Å². The minimum absolute atomic E-state index is 0.00786. The number of benzene rings is 1. The summed E-state index contributed by atoms with van der Waals surface area (Å²) in [4.78, 5) is 20.9. The predicted molar refractivity (Wildman–Crippen MR) is 109 cm³/mol. The third-order valence-corrected chi connectivity index (χ3v) is 6.63. The van der Waals surface area contributed by atoms with Crippen LogP contribution in [0.25, 0.3) is 11.3 Å². The molecule has 0 aliphatic carbocycles. The first-order valence-corrected chi connectivity index (χ1v) is 10.5. The zero-order valence-corrected chi connectivity index (χ0v) is 16.5. The van der Waals surface area contributed by atoms with Crippen LogP contribution in [0.4, 0.5) is 5.13 Å². The Bertz CT molecular complexity index is 913. The highest BCUT2D eigenvalue weighted by Crippen LogP contribution is 2.27. The molecule has 1 aromatic carbocycles. The number of amides is 1. The van der Waals surface area contributed by atoms with Gasteiger partial charge in [0.15, 0.2) is 5.13 Å². The van der Waals surface area contributed by atoms with Gasteiger partial charge in [0.05, 0.1) is 11.7 Å². The fourth-order valence-corrected chi connectivity index (χ4v) is 4.78. The number of aromatic nitrogens is 1. The van der Waals surface area contributed by atoms with E-state index in [1.54, 1.807) is 0 Å². The summed E-state index contributed by atoms with van der Waals surface area (Å²) in [5, 5.41) is 7.78. The quantitative estimate of drug-likeness (QED) is 0.718. The highest BCUT2D eigenvalue weighted by molar-refractivity contribution is 7.14. The second-order valence-electron chi connectivity index (χ2n) is 6.66. The average molecular weight is 384 g/mol. The zero-order valence-electron chi connectivity index (χ0n) is 14.9. The molecular formula is C20H21N3OS2. The topological polar surface area (TPSA) is 45.2 Å². The second kappa shape index (κ2) is 7.31. The summed E-state index contributed by atoms with van der Waals surface area (Å²) in [6.07, 6.45) is 1.03. The van der Waals surface area contributed by atoms with Crippen LogP contribution >= 0.6 is 22.7 Å². The van der Waals surface area contributed by atoms with Crippen LogP contribution in [0.2, 0.25) is 0 Å². The number of anilines is 1. The molecule has 0 unspecified atom stereocenters. The number of fused-ring (bicyclic) bond motifs is 1. The molecule has 1 aliphatic heterocycles. The standard InChI is InChI=1S/C20H21N3OS2/c1-13-3-5-15(6-4-13)17-12-26-20(21-17)22-19(24)14(2)23-9-7-18-16(11-23)8-10-25-18/h3-6,8,10,12,14H,7,9,11H2,1-2H3,(H,21,22,24)/t14-/m0/s1. The lowest BCUT2D eigenvalue weighted by molar-refractivity contribution is -0.121. The van der Waals surface area contributed by atoms with Crippen LogP contribution in [0, 0.1) is 6.92 Å². The van der Waals surface area contributed by atoms with Crippen LogP contribution in [-0.4, -0.2) is 28.4 Å². The summed E-state index contributed by atoms with van der Waals surface area (Å²) in [7, 11) is 0. The Kier molecular flexibility index (Phi) is 4.89. The molecule has 0 fully saturated rings. The van der Waals surface area contributed by atoms with Gasteiger partial charge in [-0.15, -0.1) is 22.7 Å². The Hall–Kier alpha value is -2.02. The van der Waals surface area contributed by atoms with Crippen molar-refractivity contribution in [1.82, 2.24) is 9.88 Å². The number of hydrogen-bond acceptors (Lipinski definition) is 5. The zero-order chi connectivity index (χ0) is 18.1. The third-order valence-electron chi connectivity index (χ3n) is 4.85. The number of thiophene rings is 1. The molecule has 3 aromatic rings. The highest BCUT2D eigenvalue weighted by atomic mass is 32.1. The number of carbonyl (C=O) groups excluding carboxylic acids is 1. The fourth-order valence-electron chi connectivity index (χ4n) is 3.16. The van der Waals surface area contributed by atoms with E-state index in [1.807, 2.05) is 23.6 Å². The summed E-state index contributed by atoms with van der Waals surface area (Å²) in [6, 6.07) is 10.3. The van der Waals surface area contributed by atoms with E-state index < -0.39 is 0 Å². The van der Waals surface area contributed by atoms with E-state index in [-0.39, 0.29) is 11.9 Å². The Morgan fingerprint density at radius 1 is 1.23 bits per heavy atom. The van der Waals surface area contributed by atoms with Gasteiger partial charge in [-0.2, -0.15) is 0 Å². The van der Waals surface area contributed by atoms with Crippen LogP contribution in [-0.2, 0) is 17.8 Å². The van der Waals surface area contributed by atoms with Gasteiger partial charge in [-0.1, -0.05) is 29.8 Å². The molecule has 0 saturated carbocycles. The molecule has 0 bridgehead atoms. The molecule has 2 aromatic heterocycles. The van der Waals surface area contributed by atoms with Crippen molar-refractivity contribution < 1.29 is 4.79 Å². The SMILES string of the molecule is Cc1ccc(-c2csc(NC(=O)[C@H](C)N3CCc4sccc4C3)n2)cc1. The van der Waals surface area contributed by atoms with Gasteiger partial charge in [-0.3, -0.25) is 9.69 Å². The summed E-state index contributed by atoms with van der Waals surface area (Å²) < 4.78 is 0. The molecule has 0 saturated heterocycles. The van der Waals surface area contributed by atoms with E-state index in [2.05, 4.69) is 57.8 Å². The molecule has 0 radical (unpaired) electrons. The summed E-state index contributed by atoms with van der Waals surface area (Å²) in [5.74, 6) is 0.00786. The summed E-state index contributed by atoms with van der Waals surface area (Å²) in [5.41, 5.74) is 4.55. The molecule has 6 heteroatoms. The van der Waals surface area contributed by atoms with Gasteiger partial charge in [0.1, 0.15) is 0 Å². The van der Waals surface area contributed by atoms with E-state index in [4.69, 9.17) is 0 Å². The fraction of sp³-hybridized carbons (Fsp3) is 0.300.